The molecule has 7 nitrogen and oxygen atoms in total. The number of nitrogens with one attached hydrogen (secondary N) is 2. The molecule has 3 aliphatic rings. The molecule has 1 aromatic carbocycles. The summed E-state index contributed by atoms with van der Waals surface area (Å²) in [6.45, 7) is 1.57. The fourth-order valence-corrected chi connectivity index (χ4v) is 4.57. The van der Waals surface area contributed by atoms with Gasteiger partial charge in [0.05, 0.1) is 5.69 Å². The topological polar surface area (TPSA) is 87.3 Å². The number of hydrogen-bond acceptors (Lipinski definition) is 4. The van der Waals surface area contributed by atoms with Crippen LogP contribution in [0.2, 0.25) is 0 Å². The van der Waals surface area contributed by atoms with E-state index in [1.807, 2.05) is 48.6 Å². The molecule has 5 rings (SSSR count). The fraction of sp³-hybridized carbons (Fsp3) is 0.348. The van der Waals surface area contributed by atoms with E-state index in [4.69, 9.17) is 4.74 Å². The number of aromatic amines is 1. The molecule has 2 N–H and O–H groups in total. The molecule has 2 aliphatic heterocycles. The summed E-state index contributed by atoms with van der Waals surface area (Å²) in [5, 5.41) is 10.3. The van der Waals surface area contributed by atoms with E-state index in [-0.39, 0.29) is 24.5 Å². The number of hydrogen-bond donors (Lipinski definition) is 2. The quantitative estimate of drug-likeness (QED) is 0.811. The zero-order valence-corrected chi connectivity index (χ0v) is 16.6. The van der Waals surface area contributed by atoms with Crippen LogP contribution in [0.3, 0.4) is 0 Å². The Kier molecular flexibility index (Phi) is 4.86. The van der Waals surface area contributed by atoms with Gasteiger partial charge in [-0.2, -0.15) is 5.10 Å². The van der Waals surface area contributed by atoms with Crippen molar-refractivity contribution in [3.05, 3.63) is 65.4 Å². The van der Waals surface area contributed by atoms with E-state index in [0.717, 1.165) is 35.2 Å². The Bertz CT molecular complexity index is 1020. The maximum atomic E-state index is 12.5. The molecule has 1 saturated heterocycles. The summed E-state index contributed by atoms with van der Waals surface area (Å²) < 4.78 is 5.47. The Balaban J connectivity index is 1.23. The van der Waals surface area contributed by atoms with E-state index in [2.05, 4.69) is 15.5 Å². The number of allylic oxidation sites excluding steroid dienone is 4. The van der Waals surface area contributed by atoms with Gasteiger partial charge in [-0.25, -0.2) is 4.79 Å². The van der Waals surface area contributed by atoms with Crippen LogP contribution in [0.1, 0.15) is 42.0 Å². The van der Waals surface area contributed by atoms with Gasteiger partial charge >= 0.3 is 6.09 Å². The molecule has 30 heavy (non-hydrogen) atoms. The number of aromatic nitrogens is 2. The average Bonchev–Trinajstić information content (AvgIpc) is 3.14. The van der Waals surface area contributed by atoms with Crippen molar-refractivity contribution in [2.75, 3.05) is 18.4 Å². The van der Waals surface area contributed by atoms with Gasteiger partial charge in [0.25, 0.3) is 0 Å². The Morgan fingerprint density at radius 3 is 2.67 bits per heavy atom. The first kappa shape index (κ1) is 18.7. The van der Waals surface area contributed by atoms with Crippen LogP contribution in [0.4, 0.5) is 10.6 Å². The number of benzene rings is 1. The fourth-order valence-electron chi connectivity index (χ4n) is 4.57. The number of amides is 2. The summed E-state index contributed by atoms with van der Waals surface area (Å²) in [5.74, 6) is 1.10. The molecule has 2 amide bonds. The molecule has 0 radical (unpaired) electrons. The molecule has 0 saturated carbocycles. The van der Waals surface area contributed by atoms with Crippen molar-refractivity contribution in [3.8, 4) is 0 Å². The van der Waals surface area contributed by atoms with E-state index in [0.29, 0.717) is 31.2 Å². The summed E-state index contributed by atoms with van der Waals surface area (Å²) in [4.78, 5) is 26.5. The van der Waals surface area contributed by atoms with Gasteiger partial charge in [0.2, 0.25) is 5.91 Å². The van der Waals surface area contributed by atoms with Crippen molar-refractivity contribution < 1.29 is 14.3 Å². The smallest absolute Gasteiger partial charge is 0.410 e. The molecular formula is C23H24N4O3. The Hall–Kier alpha value is -3.35. The third-order valence-corrected chi connectivity index (χ3v) is 6.25. The second-order valence-corrected chi connectivity index (χ2v) is 8.07. The lowest BCUT2D eigenvalue weighted by Gasteiger charge is -2.37. The van der Waals surface area contributed by atoms with Gasteiger partial charge in [-0.05, 0) is 29.9 Å². The molecule has 1 fully saturated rings. The first-order valence-corrected chi connectivity index (χ1v) is 10.4. The van der Waals surface area contributed by atoms with Gasteiger partial charge in [-0.3, -0.25) is 9.89 Å². The number of H-pyrrole nitrogens is 1. The molecule has 1 atom stereocenters. The van der Waals surface area contributed by atoms with Crippen LogP contribution >= 0.6 is 0 Å². The van der Waals surface area contributed by atoms with Crippen LogP contribution in [-0.2, 0) is 16.1 Å². The van der Waals surface area contributed by atoms with Gasteiger partial charge in [-0.1, -0.05) is 48.6 Å². The third-order valence-electron chi connectivity index (χ3n) is 6.25. The highest BCUT2D eigenvalue weighted by Crippen LogP contribution is 2.44. The number of fused-ring (bicyclic) bond motifs is 1. The maximum Gasteiger partial charge on any atom is 0.410 e. The highest BCUT2D eigenvalue weighted by atomic mass is 16.6. The van der Waals surface area contributed by atoms with Crippen molar-refractivity contribution in [1.29, 1.82) is 0 Å². The molecule has 2 aromatic rings. The van der Waals surface area contributed by atoms with Gasteiger partial charge in [0.15, 0.2) is 5.82 Å². The summed E-state index contributed by atoms with van der Waals surface area (Å²) in [5.41, 5.74) is 4.21. The highest BCUT2D eigenvalue weighted by Gasteiger charge is 2.38. The van der Waals surface area contributed by atoms with Crippen LogP contribution < -0.4 is 5.32 Å². The lowest BCUT2D eigenvalue weighted by Crippen LogP contribution is -2.41. The number of piperidine rings is 1. The zero-order chi connectivity index (χ0) is 20.5. The van der Waals surface area contributed by atoms with E-state index in [1.165, 1.54) is 0 Å². The van der Waals surface area contributed by atoms with Crippen LogP contribution in [0.25, 0.3) is 5.57 Å². The summed E-state index contributed by atoms with van der Waals surface area (Å²) >= 11 is 0. The number of carbonyl (C=O) groups excluding carboxylic acids is 2. The van der Waals surface area contributed by atoms with E-state index < -0.39 is 0 Å². The van der Waals surface area contributed by atoms with Crippen molar-refractivity contribution >= 4 is 23.4 Å². The van der Waals surface area contributed by atoms with E-state index >= 15 is 0 Å². The molecule has 0 bridgehead atoms. The maximum absolute atomic E-state index is 12.5. The molecular weight excluding hydrogens is 380 g/mol. The van der Waals surface area contributed by atoms with Crippen molar-refractivity contribution in [3.63, 3.8) is 0 Å². The van der Waals surface area contributed by atoms with Gasteiger partial charge < -0.3 is 15.0 Å². The van der Waals surface area contributed by atoms with Crippen LogP contribution in [-0.4, -0.2) is 40.2 Å². The highest BCUT2D eigenvalue weighted by molar-refractivity contribution is 5.95. The predicted octanol–water partition coefficient (Wildman–Crippen LogP) is 3.84. The van der Waals surface area contributed by atoms with Gasteiger partial charge in [0, 0.05) is 31.0 Å². The number of ether oxygens (including phenoxy) is 1. The first-order chi connectivity index (χ1) is 14.7. The van der Waals surface area contributed by atoms with Crippen molar-refractivity contribution in [2.24, 2.45) is 5.92 Å². The zero-order valence-electron chi connectivity index (χ0n) is 16.6. The average molecular weight is 404 g/mol. The Labute approximate surface area is 174 Å². The normalized spacial score (nSPS) is 20.8. The van der Waals surface area contributed by atoms with Gasteiger partial charge in [-0.15, -0.1) is 0 Å². The van der Waals surface area contributed by atoms with Crippen LogP contribution in [0.5, 0.6) is 0 Å². The molecule has 154 valence electrons. The molecule has 0 spiro atoms. The minimum absolute atomic E-state index is 0.00776. The number of rotatable bonds is 4. The summed E-state index contributed by atoms with van der Waals surface area (Å²) in [7, 11) is 0. The Morgan fingerprint density at radius 1 is 1.20 bits per heavy atom. The summed E-state index contributed by atoms with van der Waals surface area (Å²) in [6.07, 6.45) is 7.97. The summed E-state index contributed by atoms with van der Waals surface area (Å²) in [6, 6.07) is 9.70. The first-order valence-electron chi connectivity index (χ1n) is 10.4. The predicted molar refractivity (Wildman–Crippen MR) is 113 cm³/mol. The second-order valence-electron chi connectivity index (χ2n) is 8.07. The molecule has 3 heterocycles. The van der Waals surface area contributed by atoms with E-state index in [9.17, 15) is 9.59 Å². The van der Waals surface area contributed by atoms with Crippen molar-refractivity contribution in [2.45, 2.75) is 31.8 Å². The molecule has 7 heteroatoms. The number of carbonyl (C=O) groups is 2. The lowest BCUT2D eigenvalue weighted by atomic mass is 9.75. The van der Waals surface area contributed by atoms with E-state index in [1.54, 1.807) is 4.90 Å². The minimum atomic E-state index is -0.270. The monoisotopic (exact) mass is 404 g/mol. The standard InChI is InChI=1S/C23H24N4O3/c28-19-13-18(20-21(17-7-4-8-17)25-26-22(20)24-19)16-9-11-27(12-10-16)23(29)30-14-15-5-2-1-3-6-15/h1-8,16,18H,9-14H2,(H2,24,25,26,28). The SMILES string of the molecule is O=C1CC(C2CCN(C(=O)OCc3ccccc3)CC2)c2c(n[nH]c2C2=CC=C2)N1. The van der Waals surface area contributed by atoms with Crippen LogP contribution in [0, 0.1) is 5.92 Å². The van der Waals surface area contributed by atoms with Crippen LogP contribution in [0.15, 0.2) is 48.6 Å². The third kappa shape index (κ3) is 3.51. The number of nitrogens with zero attached hydrogens (tertiary/aromatic N) is 2. The lowest BCUT2D eigenvalue weighted by molar-refractivity contribution is -0.117. The largest absolute Gasteiger partial charge is 0.445 e. The Morgan fingerprint density at radius 2 is 1.97 bits per heavy atom. The molecule has 1 aliphatic carbocycles. The second kappa shape index (κ2) is 7.82. The molecule has 1 unspecified atom stereocenters. The molecule has 1 aromatic heterocycles. The minimum Gasteiger partial charge on any atom is -0.445 e. The van der Waals surface area contributed by atoms with Gasteiger partial charge in [0.1, 0.15) is 6.61 Å². The number of likely N-dealkylation sites (tertiary alicyclic amines) is 1. The van der Waals surface area contributed by atoms with Crippen molar-refractivity contribution in [1.82, 2.24) is 15.1 Å². The number of anilines is 1.